The molecule has 1 aliphatic heterocycles. The van der Waals surface area contributed by atoms with Crippen molar-refractivity contribution in [3.05, 3.63) is 24.2 Å². The van der Waals surface area contributed by atoms with Gasteiger partial charge in [-0.2, -0.15) is 0 Å². The molecule has 0 aromatic carbocycles. The summed E-state index contributed by atoms with van der Waals surface area (Å²) >= 11 is 0. The van der Waals surface area contributed by atoms with Gasteiger partial charge in [-0.15, -0.1) is 0 Å². The molecule has 0 radical (unpaired) electrons. The first-order valence-corrected chi connectivity index (χ1v) is 5.70. The molecular formula is C12H19NO2. The Labute approximate surface area is 90.7 Å². The van der Waals surface area contributed by atoms with Crippen LogP contribution >= 0.6 is 0 Å². The van der Waals surface area contributed by atoms with E-state index in [-0.39, 0.29) is 6.10 Å². The van der Waals surface area contributed by atoms with Crippen molar-refractivity contribution >= 4 is 0 Å². The van der Waals surface area contributed by atoms with E-state index in [1.807, 2.05) is 19.1 Å². The van der Waals surface area contributed by atoms with Gasteiger partial charge in [0.1, 0.15) is 5.76 Å². The van der Waals surface area contributed by atoms with E-state index in [1.165, 1.54) is 12.8 Å². The smallest absolute Gasteiger partial charge is 0.117 e. The molecule has 3 heteroatoms. The summed E-state index contributed by atoms with van der Waals surface area (Å²) in [5.41, 5.74) is 0. The highest BCUT2D eigenvalue weighted by atomic mass is 16.3. The molecule has 1 saturated heterocycles. The van der Waals surface area contributed by atoms with Crippen LogP contribution in [-0.4, -0.2) is 28.7 Å². The van der Waals surface area contributed by atoms with Crippen LogP contribution in [0.5, 0.6) is 0 Å². The second-order valence-electron chi connectivity index (χ2n) is 4.43. The number of rotatable bonds is 4. The summed E-state index contributed by atoms with van der Waals surface area (Å²) in [6.07, 6.45) is 4.83. The number of hydrogen-bond acceptors (Lipinski definition) is 3. The molecule has 2 atom stereocenters. The molecule has 2 rings (SSSR count). The zero-order chi connectivity index (χ0) is 10.7. The summed E-state index contributed by atoms with van der Waals surface area (Å²) in [4.78, 5) is 2.41. The van der Waals surface area contributed by atoms with Gasteiger partial charge in [0.05, 0.1) is 18.9 Å². The quantitative estimate of drug-likeness (QED) is 0.824. The number of aliphatic hydroxyl groups excluding tert-OH is 1. The summed E-state index contributed by atoms with van der Waals surface area (Å²) in [6.45, 7) is 3.87. The van der Waals surface area contributed by atoms with Gasteiger partial charge in [0.25, 0.3) is 0 Å². The predicted octanol–water partition coefficient (Wildman–Crippen LogP) is 2.01. The molecule has 0 aliphatic carbocycles. The molecule has 0 spiro atoms. The highest BCUT2D eigenvalue weighted by molar-refractivity contribution is 4.99. The lowest BCUT2D eigenvalue weighted by Gasteiger charge is -2.24. The van der Waals surface area contributed by atoms with E-state index in [4.69, 9.17) is 4.42 Å². The normalized spacial score (nSPS) is 24.5. The SMILES string of the molecule is CC(O)CC1CCCN1Cc1ccco1. The molecule has 0 saturated carbocycles. The lowest BCUT2D eigenvalue weighted by atomic mass is 10.1. The van der Waals surface area contributed by atoms with E-state index in [9.17, 15) is 5.11 Å². The molecule has 84 valence electrons. The van der Waals surface area contributed by atoms with Crippen LogP contribution in [0.2, 0.25) is 0 Å². The molecule has 1 N–H and O–H groups in total. The molecule has 0 amide bonds. The fraction of sp³-hybridized carbons (Fsp3) is 0.667. The van der Waals surface area contributed by atoms with Gasteiger partial charge in [-0.1, -0.05) is 0 Å². The molecule has 15 heavy (non-hydrogen) atoms. The van der Waals surface area contributed by atoms with Gasteiger partial charge >= 0.3 is 0 Å². The Kier molecular flexibility index (Phi) is 3.44. The maximum atomic E-state index is 9.41. The molecule has 2 heterocycles. The van der Waals surface area contributed by atoms with E-state index < -0.39 is 0 Å². The van der Waals surface area contributed by atoms with Gasteiger partial charge < -0.3 is 9.52 Å². The molecule has 1 fully saturated rings. The summed E-state index contributed by atoms with van der Waals surface area (Å²) in [7, 11) is 0. The van der Waals surface area contributed by atoms with Crippen LogP contribution in [0.3, 0.4) is 0 Å². The van der Waals surface area contributed by atoms with Gasteiger partial charge in [-0.25, -0.2) is 0 Å². The maximum absolute atomic E-state index is 9.41. The van der Waals surface area contributed by atoms with Crippen LogP contribution in [0.15, 0.2) is 22.8 Å². The third-order valence-electron chi connectivity index (χ3n) is 3.05. The Morgan fingerprint density at radius 1 is 1.67 bits per heavy atom. The van der Waals surface area contributed by atoms with Crippen molar-refractivity contribution in [1.29, 1.82) is 0 Å². The highest BCUT2D eigenvalue weighted by Gasteiger charge is 2.25. The monoisotopic (exact) mass is 209 g/mol. The van der Waals surface area contributed by atoms with E-state index in [2.05, 4.69) is 4.90 Å². The van der Waals surface area contributed by atoms with Crippen molar-refractivity contribution in [1.82, 2.24) is 4.90 Å². The number of furan rings is 1. The molecule has 2 unspecified atom stereocenters. The summed E-state index contributed by atoms with van der Waals surface area (Å²) < 4.78 is 5.34. The van der Waals surface area contributed by atoms with Crippen LogP contribution in [0, 0.1) is 0 Å². The van der Waals surface area contributed by atoms with Crippen molar-refractivity contribution < 1.29 is 9.52 Å². The van der Waals surface area contributed by atoms with Gasteiger partial charge in [0, 0.05) is 6.04 Å². The second kappa shape index (κ2) is 4.81. The van der Waals surface area contributed by atoms with E-state index >= 15 is 0 Å². The predicted molar refractivity (Wildman–Crippen MR) is 58.4 cm³/mol. The topological polar surface area (TPSA) is 36.6 Å². The summed E-state index contributed by atoms with van der Waals surface area (Å²) in [6, 6.07) is 4.46. The second-order valence-corrected chi connectivity index (χ2v) is 4.43. The van der Waals surface area contributed by atoms with Crippen LogP contribution in [0.4, 0.5) is 0 Å². The van der Waals surface area contributed by atoms with Crippen molar-refractivity contribution in [2.24, 2.45) is 0 Å². The van der Waals surface area contributed by atoms with Crippen molar-refractivity contribution in [3.8, 4) is 0 Å². The third-order valence-corrected chi connectivity index (χ3v) is 3.05. The fourth-order valence-corrected chi connectivity index (χ4v) is 2.37. The number of nitrogens with zero attached hydrogens (tertiary/aromatic N) is 1. The maximum Gasteiger partial charge on any atom is 0.117 e. The first-order chi connectivity index (χ1) is 7.25. The third kappa shape index (κ3) is 2.83. The van der Waals surface area contributed by atoms with Gasteiger partial charge in [-0.3, -0.25) is 4.90 Å². The number of likely N-dealkylation sites (tertiary alicyclic amines) is 1. The van der Waals surface area contributed by atoms with E-state index in [1.54, 1.807) is 6.26 Å². The van der Waals surface area contributed by atoms with Crippen LogP contribution < -0.4 is 0 Å². The molecule has 3 nitrogen and oxygen atoms in total. The summed E-state index contributed by atoms with van der Waals surface area (Å²) in [5, 5.41) is 9.41. The highest BCUT2D eigenvalue weighted by Crippen LogP contribution is 2.23. The molecule has 1 aromatic heterocycles. The Bertz CT molecular complexity index is 282. The fourth-order valence-electron chi connectivity index (χ4n) is 2.37. The van der Waals surface area contributed by atoms with E-state index in [0.29, 0.717) is 6.04 Å². The molecule has 0 bridgehead atoms. The Morgan fingerprint density at radius 3 is 3.20 bits per heavy atom. The van der Waals surface area contributed by atoms with Crippen molar-refractivity contribution in [2.45, 2.75) is 44.9 Å². The van der Waals surface area contributed by atoms with Crippen LogP contribution in [-0.2, 0) is 6.54 Å². The van der Waals surface area contributed by atoms with E-state index in [0.717, 1.165) is 25.3 Å². The van der Waals surface area contributed by atoms with Crippen LogP contribution in [0.1, 0.15) is 31.9 Å². The minimum Gasteiger partial charge on any atom is -0.468 e. The lowest BCUT2D eigenvalue weighted by molar-refractivity contribution is 0.127. The molecule has 1 aliphatic rings. The molecule has 1 aromatic rings. The average Bonchev–Trinajstić information content (AvgIpc) is 2.78. The first kappa shape index (κ1) is 10.7. The zero-order valence-electron chi connectivity index (χ0n) is 9.22. The Morgan fingerprint density at radius 2 is 2.53 bits per heavy atom. The first-order valence-electron chi connectivity index (χ1n) is 5.70. The zero-order valence-corrected chi connectivity index (χ0v) is 9.22. The average molecular weight is 209 g/mol. The van der Waals surface area contributed by atoms with Gasteiger partial charge in [-0.05, 0) is 44.9 Å². The number of aliphatic hydroxyl groups is 1. The minimum absolute atomic E-state index is 0.202. The van der Waals surface area contributed by atoms with Gasteiger partial charge in [0.2, 0.25) is 0 Å². The van der Waals surface area contributed by atoms with Crippen LogP contribution in [0.25, 0.3) is 0 Å². The standard InChI is InChI=1S/C12H19NO2/c1-10(14)8-11-4-2-6-13(11)9-12-5-3-7-15-12/h3,5,7,10-11,14H,2,4,6,8-9H2,1H3. The minimum atomic E-state index is -0.202. The van der Waals surface area contributed by atoms with Crippen molar-refractivity contribution in [3.63, 3.8) is 0 Å². The largest absolute Gasteiger partial charge is 0.468 e. The van der Waals surface area contributed by atoms with Gasteiger partial charge in [0.15, 0.2) is 0 Å². The molecular weight excluding hydrogens is 190 g/mol. The Balaban J connectivity index is 1.90. The summed E-state index contributed by atoms with van der Waals surface area (Å²) in [5.74, 6) is 1.02. The Hall–Kier alpha value is -0.800. The van der Waals surface area contributed by atoms with Crippen molar-refractivity contribution in [2.75, 3.05) is 6.54 Å². The lowest BCUT2D eigenvalue weighted by Crippen LogP contribution is -2.31. The number of hydrogen-bond donors (Lipinski definition) is 1.